The molecule has 0 spiro atoms. The van der Waals surface area contributed by atoms with Crippen LogP contribution in [0.1, 0.15) is 27.2 Å². The summed E-state index contributed by atoms with van der Waals surface area (Å²) < 4.78 is 5.11. The fourth-order valence-corrected chi connectivity index (χ4v) is 1.61. The van der Waals surface area contributed by atoms with Crippen LogP contribution in [-0.4, -0.2) is 11.1 Å². The fraction of sp³-hybridized carbons (Fsp3) is 0.143. The van der Waals surface area contributed by atoms with Gasteiger partial charge in [0.2, 0.25) is 0 Å². The summed E-state index contributed by atoms with van der Waals surface area (Å²) in [6, 6.07) is 10.8. The molecule has 2 N–H and O–H groups in total. The molecular weight excluding hydrogens is 244 g/mol. The molecule has 5 nitrogen and oxygen atoms in total. The number of nitrogens with one attached hydrogen (secondary N) is 1. The van der Waals surface area contributed by atoms with E-state index in [1.165, 1.54) is 12.3 Å². The third-order valence-corrected chi connectivity index (χ3v) is 2.61. The summed E-state index contributed by atoms with van der Waals surface area (Å²) in [6.45, 7) is 1.07. The van der Waals surface area contributed by atoms with Crippen molar-refractivity contribution >= 4 is 5.97 Å². The number of benzene rings is 1. The van der Waals surface area contributed by atoms with E-state index in [9.17, 15) is 4.79 Å². The molecule has 0 aliphatic heterocycles. The molecule has 0 fully saturated rings. The highest BCUT2D eigenvalue weighted by Gasteiger charge is 2.07. The van der Waals surface area contributed by atoms with Gasteiger partial charge in [0.25, 0.3) is 0 Å². The fourth-order valence-electron chi connectivity index (χ4n) is 1.61. The Kier molecular flexibility index (Phi) is 3.96. The summed E-state index contributed by atoms with van der Waals surface area (Å²) in [6.07, 6.45) is 1.22. The average Bonchev–Trinajstić information content (AvgIpc) is 2.89. The van der Waals surface area contributed by atoms with Gasteiger partial charge in [-0.05, 0) is 23.8 Å². The zero-order chi connectivity index (χ0) is 13.7. The Labute approximate surface area is 110 Å². The van der Waals surface area contributed by atoms with Crippen molar-refractivity contribution in [2.75, 3.05) is 0 Å². The van der Waals surface area contributed by atoms with Crippen LogP contribution in [0.15, 0.2) is 41.0 Å². The van der Waals surface area contributed by atoms with E-state index in [-0.39, 0.29) is 5.56 Å². The summed E-state index contributed by atoms with van der Waals surface area (Å²) in [5.74, 6) is -0.423. The molecule has 2 aromatic rings. The normalized spacial score (nSPS) is 10.1. The predicted molar refractivity (Wildman–Crippen MR) is 67.4 cm³/mol. The van der Waals surface area contributed by atoms with Crippen molar-refractivity contribution in [3.05, 3.63) is 59.0 Å². The minimum Gasteiger partial charge on any atom is -0.478 e. The maximum Gasteiger partial charge on any atom is 0.338 e. The van der Waals surface area contributed by atoms with E-state index in [4.69, 9.17) is 14.8 Å². The standard InChI is InChI=1S/C14H12N2O3/c15-6-10-1-3-11(4-2-10)7-16-8-13-5-12(9-19-13)14(17)18/h1-5,9,16H,7-8H2,(H,17,18). The maximum atomic E-state index is 10.7. The lowest BCUT2D eigenvalue weighted by Gasteiger charge is -2.02. The van der Waals surface area contributed by atoms with Gasteiger partial charge in [-0.2, -0.15) is 5.26 Å². The topological polar surface area (TPSA) is 86.3 Å². The number of aromatic carboxylic acids is 1. The second-order valence-corrected chi connectivity index (χ2v) is 4.02. The molecule has 5 heteroatoms. The maximum absolute atomic E-state index is 10.7. The minimum atomic E-state index is -0.998. The number of carboxylic acids is 1. The first-order chi connectivity index (χ1) is 9.19. The number of furan rings is 1. The highest BCUT2D eigenvalue weighted by Crippen LogP contribution is 2.08. The first kappa shape index (κ1) is 12.9. The first-order valence-electron chi connectivity index (χ1n) is 5.69. The molecule has 1 aromatic heterocycles. The van der Waals surface area contributed by atoms with E-state index < -0.39 is 5.97 Å². The number of nitrogens with zero attached hydrogens (tertiary/aromatic N) is 1. The van der Waals surface area contributed by atoms with E-state index in [1.54, 1.807) is 12.1 Å². The third-order valence-electron chi connectivity index (χ3n) is 2.61. The number of carboxylic acid groups (broad SMARTS) is 1. The van der Waals surface area contributed by atoms with E-state index in [0.29, 0.717) is 24.4 Å². The van der Waals surface area contributed by atoms with Gasteiger partial charge in [-0.25, -0.2) is 4.79 Å². The summed E-state index contributed by atoms with van der Waals surface area (Å²) in [5, 5.41) is 20.6. The SMILES string of the molecule is N#Cc1ccc(CNCc2cc(C(=O)O)co2)cc1. The highest BCUT2D eigenvalue weighted by molar-refractivity contribution is 5.87. The molecule has 1 heterocycles. The van der Waals surface area contributed by atoms with Gasteiger partial charge in [-0.3, -0.25) is 0 Å². The monoisotopic (exact) mass is 256 g/mol. The Morgan fingerprint density at radius 3 is 2.63 bits per heavy atom. The van der Waals surface area contributed by atoms with Crippen LogP contribution in [0.2, 0.25) is 0 Å². The van der Waals surface area contributed by atoms with Gasteiger partial charge < -0.3 is 14.8 Å². The van der Waals surface area contributed by atoms with Gasteiger partial charge in [0.15, 0.2) is 0 Å². The lowest BCUT2D eigenvalue weighted by molar-refractivity contribution is 0.0696. The van der Waals surface area contributed by atoms with Crippen molar-refractivity contribution in [3.8, 4) is 6.07 Å². The Morgan fingerprint density at radius 1 is 1.32 bits per heavy atom. The van der Waals surface area contributed by atoms with Gasteiger partial charge in [-0.15, -0.1) is 0 Å². The Balaban J connectivity index is 1.85. The molecule has 1 aromatic carbocycles. The summed E-state index contributed by atoms with van der Waals surface area (Å²) in [5.41, 5.74) is 1.82. The van der Waals surface area contributed by atoms with Crippen molar-refractivity contribution in [1.82, 2.24) is 5.32 Å². The number of nitriles is 1. The van der Waals surface area contributed by atoms with Crippen molar-refractivity contribution in [1.29, 1.82) is 5.26 Å². The van der Waals surface area contributed by atoms with Crippen LogP contribution in [0.3, 0.4) is 0 Å². The second-order valence-electron chi connectivity index (χ2n) is 4.02. The highest BCUT2D eigenvalue weighted by atomic mass is 16.4. The first-order valence-corrected chi connectivity index (χ1v) is 5.69. The predicted octanol–water partition coefficient (Wildman–Crippen LogP) is 2.14. The molecule has 0 saturated carbocycles. The average molecular weight is 256 g/mol. The van der Waals surface area contributed by atoms with E-state index in [0.717, 1.165) is 5.56 Å². The van der Waals surface area contributed by atoms with Crippen molar-refractivity contribution in [2.45, 2.75) is 13.1 Å². The van der Waals surface area contributed by atoms with Gasteiger partial charge in [0, 0.05) is 6.54 Å². The molecule has 0 saturated heterocycles. The van der Waals surface area contributed by atoms with E-state index in [1.807, 2.05) is 12.1 Å². The smallest absolute Gasteiger partial charge is 0.338 e. The molecule has 96 valence electrons. The summed E-state index contributed by atoms with van der Waals surface area (Å²) >= 11 is 0. The molecular formula is C14H12N2O3. The van der Waals surface area contributed by atoms with E-state index in [2.05, 4.69) is 11.4 Å². The van der Waals surface area contributed by atoms with Crippen LogP contribution in [0.25, 0.3) is 0 Å². The van der Waals surface area contributed by atoms with Crippen LogP contribution >= 0.6 is 0 Å². The Bertz CT molecular complexity index is 608. The third kappa shape index (κ3) is 3.44. The lowest BCUT2D eigenvalue weighted by atomic mass is 10.1. The van der Waals surface area contributed by atoms with Gasteiger partial charge in [0.1, 0.15) is 12.0 Å². The second kappa shape index (κ2) is 5.85. The number of rotatable bonds is 5. The van der Waals surface area contributed by atoms with Crippen LogP contribution in [0, 0.1) is 11.3 Å². The van der Waals surface area contributed by atoms with Crippen molar-refractivity contribution < 1.29 is 14.3 Å². The van der Waals surface area contributed by atoms with Gasteiger partial charge in [0.05, 0.1) is 23.7 Å². The van der Waals surface area contributed by atoms with E-state index >= 15 is 0 Å². The minimum absolute atomic E-state index is 0.148. The molecule has 0 atom stereocenters. The lowest BCUT2D eigenvalue weighted by Crippen LogP contribution is -2.12. The van der Waals surface area contributed by atoms with Crippen LogP contribution in [-0.2, 0) is 13.1 Å². The summed E-state index contributed by atoms with van der Waals surface area (Å²) in [7, 11) is 0. The van der Waals surface area contributed by atoms with Crippen LogP contribution < -0.4 is 5.32 Å². The largest absolute Gasteiger partial charge is 0.478 e. The molecule has 0 aliphatic rings. The molecule has 2 rings (SSSR count). The number of hydrogen-bond donors (Lipinski definition) is 2. The number of hydrogen-bond acceptors (Lipinski definition) is 4. The molecule has 0 aliphatic carbocycles. The number of carbonyl (C=O) groups is 1. The van der Waals surface area contributed by atoms with Gasteiger partial charge in [-0.1, -0.05) is 12.1 Å². The Morgan fingerprint density at radius 2 is 2.05 bits per heavy atom. The zero-order valence-corrected chi connectivity index (χ0v) is 10.1. The quantitative estimate of drug-likeness (QED) is 0.855. The Hall–Kier alpha value is -2.58. The molecule has 0 radical (unpaired) electrons. The molecule has 19 heavy (non-hydrogen) atoms. The molecule has 0 bridgehead atoms. The zero-order valence-electron chi connectivity index (χ0n) is 10.1. The summed E-state index contributed by atoms with van der Waals surface area (Å²) in [4.78, 5) is 10.7. The van der Waals surface area contributed by atoms with Crippen LogP contribution in [0.4, 0.5) is 0 Å². The van der Waals surface area contributed by atoms with Gasteiger partial charge >= 0.3 is 5.97 Å². The molecule has 0 amide bonds. The van der Waals surface area contributed by atoms with Crippen molar-refractivity contribution in [2.24, 2.45) is 0 Å². The molecule has 0 unspecified atom stereocenters. The van der Waals surface area contributed by atoms with Crippen LogP contribution in [0.5, 0.6) is 0 Å². The van der Waals surface area contributed by atoms with Crippen molar-refractivity contribution in [3.63, 3.8) is 0 Å².